The van der Waals surface area contributed by atoms with Gasteiger partial charge in [0.05, 0.1) is 6.04 Å². The summed E-state index contributed by atoms with van der Waals surface area (Å²) in [6.07, 6.45) is 0. The molecule has 1 unspecified atom stereocenters. The van der Waals surface area contributed by atoms with E-state index in [4.69, 9.17) is 5.84 Å². The van der Waals surface area contributed by atoms with Crippen LogP contribution in [0.25, 0.3) is 0 Å². The van der Waals surface area contributed by atoms with E-state index in [-0.39, 0.29) is 5.56 Å². The zero-order valence-corrected chi connectivity index (χ0v) is 10.0. The van der Waals surface area contributed by atoms with Crippen LogP contribution in [0.5, 0.6) is 0 Å². The lowest BCUT2D eigenvalue weighted by Gasteiger charge is -2.17. The van der Waals surface area contributed by atoms with Crippen LogP contribution < -0.4 is 11.3 Å². The van der Waals surface area contributed by atoms with Crippen LogP contribution in [0, 0.1) is 18.6 Å². The lowest BCUT2D eigenvalue weighted by molar-refractivity contribution is 0.483. The van der Waals surface area contributed by atoms with E-state index in [1.807, 2.05) is 18.4 Å². The molecule has 0 amide bonds. The highest BCUT2D eigenvalue weighted by atomic mass is 32.1. The summed E-state index contributed by atoms with van der Waals surface area (Å²) in [5.74, 6) is 3.72. The summed E-state index contributed by atoms with van der Waals surface area (Å²) < 4.78 is 26.9. The molecule has 0 saturated carbocycles. The zero-order chi connectivity index (χ0) is 12.4. The highest BCUT2D eigenvalue weighted by Gasteiger charge is 2.20. The molecule has 0 aliphatic rings. The second-order valence-electron chi connectivity index (χ2n) is 3.67. The van der Waals surface area contributed by atoms with Crippen molar-refractivity contribution in [3.63, 3.8) is 0 Å². The van der Waals surface area contributed by atoms with Crippen LogP contribution in [-0.4, -0.2) is 0 Å². The fourth-order valence-corrected chi connectivity index (χ4v) is 2.53. The molecule has 1 atom stereocenters. The van der Waals surface area contributed by atoms with Crippen molar-refractivity contribution in [2.45, 2.75) is 13.0 Å². The second kappa shape index (κ2) is 4.91. The first-order valence-corrected chi connectivity index (χ1v) is 5.97. The summed E-state index contributed by atoms with van der Waals surface area (Å²) in [7, 11) is 0. The van der Waals surface area contributed by atoms with E-state index in [9.17, 15) is 8.78 Å². The minimum atomic E-state index is -0.865. The molecular weight excluding hydrogens is 242 g/mol. The predicted octanol–water partition coefficient (Wildman–Crippen LogP) is 2.89. The Morgan fingerprint density at radius 1 is 1.24 bits per heavy atom. The zero-order valence-electron chi connectivity index (χ0n) is 9.21. The standard InChI is InChI=1S/C12H12F2N2S/c1-7-8(5-6-17-7)12(16-15)9-3-2-4-10(13)11(9)14/h2-6,12,16H,15H2,1H3. The number of hydrazine groups is 1. The van der Waals surface area contributed by atoms with Crippen LogP contribution in [0.3, 0.4) is 0 Å². The molecule has 90 valence electrons. The molecule has 3 N–H and O–H groups in total. The van der Waals surface area contributed by atoms with E-state index < -0.39 is 17.7 Å². The van der Waals surface area contributed by atoms with Crippen molar-refractivity contribution in [2.75, 3.05) is 0 Å². The number of hydrogen-bond acceptors (Lipinski definition) is 3. The predicted molar refractivity (Wildman–Crippen MR) is 64.6 cm³/mol. The number of benzene rings is 1. The van der Waals surface area contributed by atoms with Crippen molar-refractivity contribution in [2.24, 2.45) is 5.84 Å². The average molecular weight is 254 g/mol. The molecule has 0 fully saturated rings. The van der Waals surface area contributed by atoms with Crippen molar-refractivity contribution in [3.8, 4) is 0 Å². The lowest BCUT2D eigenvalue weighted by atomic mass is 9.99. The maximum absolute atomic E-state index is 13.7. The summed E-state index contributed by atoms with van der Waals surface area (Å²) in [6.45, 7) is 1.92. The number of nitrogens with two attached hydrogens (primary N) is 1. The van der Waals surface area contributed by atoms with Gasteiger partial charge in [0.25, 0.3) is 0 Å². The van der Waals surface area contributed by atoms with E-state index in [1.165, 1.54) is 12.1 Å². The van der Waals surface area contributed by atoms with E-state index in [2.05, 4.69) is 5.43 Å². The van der Waals surface area contributed by atoms with Gasteiger partial charge < -0.3 is 0 Å². The third-order valence-electron chi connectivity index (χ3n) is 2.67. The second-order valence-corrected chi connectivity index (χ2v) is 4.80. The number of nitrogens with one attached hydrogen (secondary N) is 1. The van der Waals surface area contributed by atoms with Gasteiger partial charge in [-0.25, -0.2) is 14.2 Å². The van der Waals surface area contributed by atoms with E-state index in [1.54, 1.807) is 11.3 Å². The molecule has 1 aromatic heterocycles. The van der Waals surface area contributed by atoms with Crippen molar-refractivity contribution < 1.29 is 8.78 Å². The Kier molecular flexibility index (Phi) is 3.51. The van der Waals surface area contributed by atoms with Crippen LogP contribution in [0.2, 0.25) is 0 Å². The fourth-order valence-electron chi connectivity index (χ4n) is 1.78. The van der Waals surface area contributed by atoms with Gasteiger partial charge >= 0.3 is 0 Å². The third kappa shape index (κ3) is 2.22. The Labute approximate surface area is 102 Å². The maximum Gasteiger partial charge on any atom is 0.163 e. The number of hydrogen-bond donors (Lipinski definition) is 2. The molecule has 0 saturated heterocycles. The molecule has 2 aromatic rings. The van der Waals surface area contributed by atoms with Crippen molar-refractivity contribution in [1.82, 2.24) is 5.43 Å². The summed E-state index contributed by atoms with van der Waals surface area (Å²) in [4.78, 5) is 1.02. The highest BCUT2D eigenvalue weighted by Crippen LogP contribution is 2.29. The summed E-state index contributed by atoms with van der Waals surface area (Å²) >= 11 is 1.54. The SMILES string of the molecule is Cc1sccc1C(NN)c1cccc(F)c1F. The quantitative estimate of drug-likeness (QED) is 0.653. The van der Waals surface area contributed by atoms with Crippen LogP contribution in [0.15, 0.2) is 29.6 Å². The van der Waals surface area contributed by atoms with Gasteiger partial charge in [-0.05, 0) is 30.0 Å². The Balaban J connectivity index is 2.50. The fraction of sp³-hybridized carbons (Fsp3) is 0.167. The third-order valence-corrected chi connectivity index (χ3v) is 3.53. The Morgan fingerprint density at radius 2 is 2.00 bits per heavy atom. The molecule has 17 heavy (non-hydrogen) atoms. The Morgan fingerprint density at radius 3 is 2.59 bits per heavy atom. The Bertz CT molecular complexity index is 525. The molecule has 1 aromatic carbocycles. The molecule has 1 heterocycles. The smallest absolute Gasteiger partial charge is 0.163 e. The first kappa shape index (κ1) is 12.2. The van der Waals surface area contributed by atoms with Gasteiger partial charge in [0.15, 0.2) is 11.6 Å². The van der Waals surface area contributed by atoms with Gasteiger partial charge in [-0.2, -0.15) is 0 Å². The number of halogens is 2. The molecule has 0 aliphatic heterocycles. The van der Waals surface area contributed by atoms with Gasteiger partial charge in [-0.15, -0.1) is 11.3 Å². The van der Waals surface area contributed by atoms with Crippen LogP contribution in [0.1, 0.15) is 22.0 Å². The van der Waals surface area contributed by atoms with Gasteiger partial charge in [-0.3, -0.25) is 5.84 Å². The molecule has 0 radical (unpaired) electrons. The molecule has 5 heteroatoms. The van der Waals surface area contributed by atoms with Crippen molar-refractivity contribution in [1.29, 1.82) is 0 Å². The van der Waals surface area contributed by atoms with Gasteiger partial charge in [0, 0.05) is 10.4 Å². The molecule has 2 nitrogen and oxygen atoms in total. The van der Waals surface area contributed by atoms with Crippen LogP contribution in [-0.2, 0) is 0 Å². The van der Waals surface area contributed by atoms with Gasteiger partial charge in [-0.1, -0.05) is 12.1 Å². The maximum atomic E-state index is 13.7. The van der Waals surface area contributed by atoms with E-state index in [0.29, 0.717) is 0 Å². The topological polar surface area (TPSA) is 38.0 Å². The largest absolute Gasteiger partial charge is 0.271 e. The molecule has 2 rings (SSSR count). The molecule has 0 bridgehead atoms. The lowest BCUT2D eigenvalue weighted by Crippen LogP contribution is -2.29. The van der Waals surface area contributed by atoms with E-state index in [0.717, 1.165) is 16.5 Å². The Hall–Kier alpha value is -1.30. The van der Waals surface area contributed by atoms with E-state index >= 15 is 0 Å². The minimum absolute atomic E-state index is 0.217. The van der Waals surface area contributed by atoms with Crippen LogP contribution in [0.4, 0.5) is 8.78 Å². The monoisotopic (exact) mass is 254 g/mol. The average Bonchev–Trinajstić information content (AvgIpc) is 2.72. The van der Waals surface area contributed by atoms with Gasteiger partial charge in [0.1, 0.15) is 0 Å². The normalized spacial score (nSPS) is 12.7. The molecule has 0 spiro atoms. The van der Waals surface area contributed by atoms with Crippen molar-refractivity contribution in [3.05, 3.63) is 57.3 Å². The first-order chi connectivity index (χ1) is 8.15. The van der Waals surface area contributed by atoms with Crippen LogP contribution >= 0.6 is 11.3 Å². The van der Waals surface area contributed by atoms with Gasteiger partial charge in [0.2, 0.25) is 0 Å². The number of thiophene rings is 1. The molecular formula is C12H12F2N2S. The number of aryl methyl sites for hydroxylation is 1. The summed E-state index contributed by atoms with van der Waals surface area (Å²) in [5, 5.41) is 1.90. The number of rotatable bonds is 3. The van der Waals surface area contributed by atoms with Crippen molar-refractivity contribution >= 4 is 11.3 Å². The highest BCUT2D eigenvalue weighted by molar-refractivity contribution is 7.10. The first-order valence-electron chi connectivity index (χ1n) is 5.09. The minimum Gasteiger partial charge on any atom is -0.271 e. The molecule has 0 aliphatic carbocycles. The summed E-state index contributed by atoms with van der Waals surface area (Å²) in [5.41, 5.74) is 3.61. The summed E-state index contributed by atoms with van der Waals surface area (Å²) in [6, 6.07) is 5.42.